The van der Waals surface area contributed by atoms with E-state index < -0.39 is 6.67 Å². The minimum atomic E-state index is -0.646. The third kappa shape index (κ3) is 3.43. The monoisotopic (exact) mass is 320 g/mol. The third-order valence-corrected chi connectivity index (χ3v) is 4.57. The molecule has 0 saturated carbocycles. The minimum Gasteiger partial charge on any atom is -0.342 e. The highest BCUT2D eigenvalue weighted by atomic mass is 19.1. The Morgan fingerprint density at radius 1 is 1.22 bits per heavy atom. The first-order valence-electron chi connectivity index (χ1n) is 7.98. The molecule has 6 nitrogen and oxygen atoms in total. The fourth-order valence-corrected chi connectivity index (χ4v) is 3.17. The Labute approximate surface area is 134 Å². The van der Waals surface area contributed by atoms with Crippen LogP contribution in [-0.4, -0.2) is 64.2 Å². The Kier molecular flexibility index (Phi) is 4.73. The second kappa shape index (κ2) is 6.93. The molecule has 3 heterocycles. The number of piperidine rings is 1. The number of rotatable bonds is 4. The Balaban J connectivity index is 1.44. The van der Waals surface area contributed by atoms with E-state index >= 15 is 0 Å². The zero-order valence-electron chi connectivity index (χ0n) is 13.0. The van der Waals surface area contributed by atoms with Crippen molar-refractivity contribution in [1.82, 2.24) is 19.6 Å². The van der Waals surface area contributed by atoms with E-state index in [1.807, 2.05) is 21.8 Å². The molecule has 0 atom stereocenters. The molecule has 124 valence electrons. The van der Waals surface area contributed by atoms with Gasteiger partial charge in [-0.15, -0.1) is 0 Å². The molecule has 2 fully saturated rings. The summed E-state index contributed by atoms with van der Waals surface area (Å²) >= 11 is 0. The molecule has 1 aromatic rings. The summed E-state index contributed by atoms with van der Waals surface area (Å²) in [5.41, 5.74) is 0. The molecule has 2 saturated heterocycles. The molecule has 2 amide bonds. The highest BCUT2D eigenvalue weighted by Crippen LogP contribution is 2.25. The van der Waals surface area contributed by atoms with Gasteiger partial charge in [0, 0.05) is 44.6 Å². The van der Waals surface area contributed by atoms with Crippen molar-refractivity contribution in [3.8, 4) is 0 Å². The van der Waals surface area contributed by atoms with Gasteiger partial charge >= 0.3 is 0 Å². The van der Waals surface area contributed by atoms with Gasteiger partial charge in [-0.05, 0) is 25.0 Å². The lowest BCUT2D eigenvalue weighted by Gasteiger charge is -2.41. The van der Waals surface area contributed by atoms with Crippen LogP contribution in [0.5, 0.6) is 0 Å². The van der Waals surface area contributed by atoms with Gasteiger partial charge in [-0.1, -0.05) is 0 Å². The summed E-state index contributed by atoms with van der Waals surface area (Å²) in [6.45, 7) is 1.69. The number of carbonyl (C=O) groups is 2. The Morgan fingerprint density at radius 2 is 1.96 bits per heavy atom. The van der Waals surface area contributed by atoms with Crippen molar-refractivity contribution in [3.63, 3.8) is 0 Å². The zero-order chi connectivity index (χ0) is 16.2. The van der Waals surface area contributed by atoms with Crippen LogP contribution >= 0.6 is 0 Å². The largest absolute Gasteiger partial charge is 0.342 e. The van der Waals surface area contributed by atoms with Crippen molar-refractivity contribution in [3.05, 3.63) is 30.6 Å². The zero-order valence-corrected chi connectivity index (χ0v) is 13.0. The second-order valence-corrected chi connectivity index (χ2v) is 6.04. The quantitative estimate of drug-likeness (QED) is 0.779. The number of hydrogen-bond donors (Lipinski definition) is 0. The maximum absolute atomic E-state index is 12.4. The average molecular weight is 320 g/mol. The van der Waals surface area contributed by atoms with Crippen LogP contribution in [0.2, 0.25) is 0 Å². The molecule has 23 heavy (non-hydrogen) atoms. The van der Waals surface area contributed by atoms with E-state index in [0.717, 1.165) is 25.9 Å². The van der Waals surface area contributed by atoms with E-state index in [1.165, 1.54) is 12.2 Å². The van der Waals surface area contributed by atoms with Gasteiger partial charge in [0.05, 0.1) is 12.0 Å². The van der Waals surface area contributed by atoms with Crippen molar-refractivity contribution in [2.75, 3.05) is 32.9 Å². The average Bonchev–Trinajstić information content (AvgIpc) is 3.06. The number of carbonyl (C=O) groups excluding carboxylic acids is 2. The first-order chi connectivity index (χ1) is 11.2. The third-order valence-electron chi connectivity index (χ3n) is 4.57. The number of amides is 2. The Hall–Kier alpha value is -2.18. The first-order valence-corrected chi connectivity index (χ1v) is 7.98. The van der Waals surface area contributed by atoms with E-state index in [-0.39, 0.29) is 17.7 Å². The van der Waals surface area contributed by atoms with E-state index in [4.69, 9.17) is 0 Å². The van der Waals surface area contributed by atoms with Gasteiger partial charge < -0.3 is 9.80 Å². The van der Waals surface area contributed by atoms with Crippen LogP contribution in [0.25, 0.3) is 0 Å². The van der Waals surface area contributed by atoms with Crippen LogP contribution in [0.15, 0.2) is 30.6 Å². The molecule has 0 aromatic carbocycles. The maximum atomic E-state index is 12.4. The van der Waals surface area contributed by atoms with E-state index in [9.17, 15) is 14.0 Å². The molecule has 0 unspecified atom stereocenters. The molecule has 0 radical (unpaired) electrons. The van der Waals surface area contributed by atoms with Crippen molar-refractivity contribution in [2.45, 2.75) is 18.9 Å². The summed E-state index contributed by atoms with van der Waals surface area (Å²) in [7, 11) is 0. The smallest absolute Gasteiger partial charge is 0.246 e. The lowest BCUT2D eigenvalue weighted by Crippen LogP contribution is -2.57. The van der Waals surface area contributed by atoms with Gasteiger partial charge in [0.15, 0.2) is 0 Å². The summed E-state index contributed by atoms with van der Waals surface area (Å²) in [4.78, 5) is 27.6. The summed E-state index contributed by atoms with van der Waals surface area (Å²) < 4.78 is 14.0. The van der Waals surface area contributed by atoms with Crippen LogP contribution in [0.4, 0.5) is 4.39 Å². The van der Waals surface area contributed by atoms with Crippen molar-refractivity contribution in [1.29, 1.82) is 0 Å². The molecule has 0 aliphatic carbocycles. The molecule has 0 bridgehead atoms. The summed E-state index contributed by atoms with van der Waals surface area (Å²) in [5, 5.41) is 4.26. The minimum absolute atomic E-state index is 0.112. The van der Waals surface area contributed by atoms with Gasteiger partial charge in [0.1, 0.15) is 6.67 Å². The van der Waals surface area contributed by atoms with E-state index in [2.05, 4.69) is 5.10 Å². The van der Waals surface area contributed by atoms with Crippen molar-refractivity contribution >= 4 is 11.8 Å². The van der Waals surface area contributed by atoms with Crippen molar-refractivity contribution in [2.24, 2.45) is 5.92 Å². The molecule has 0 N–H and O–H groups in total. The topological polar surface area (TPSA) is 58.4 Å². The number of likely N-dealkylation sites (tertiary alicyclic amines) is 2. The molecular weight excluding hydrogens is 299 g/mol. The van der Waals surface area contributed by atoms with Crippen LogP contribution in [0.1, 0.15) is 18.9 Å². The van der Waals surface area contributed by atoms with Gasteiger partial charge in [-0.3, -0.25) is 14.3 Å². The summed E-state index contributed by atoms with van der Waals surface area (Å²) in [5.74, 6) is -0.203. The molecule has 3 rings (SSSR count). The molecule has 1 aromatic heterocycles. The number of alkyl halides is 1. The molecule has 2 aliphatic heterocycles. The van der Waals surface area contributed by atoms with E-state index in [0.29, 0.717) is 19.1 Å². The number of aromatic nitrogens is 2. The van der Waals surface area contributed by atoms with Gasteiger partial charge in [0.2, 0.25) is 11.8 Å². The van der Waals surface area contributed by atoms with Gasteiger partial charge in [-0.25, -0.2) is 4.39 Å². The van der Waals surface area contributed by atoms with Crippen LogP contribution in [-0.2, 0) is 9.59 Å². The normalized spacial score (nSPS) is 20.0. The fraction of sp³-hybridized carbons (Fsp3) is 0.562. The second-order valence-electron chi connectivity index (χ2n) is 6.04. The van der Waals surface area contributed by atoms with Gasteiger partial charge in [-0.2, -0.15) is 5.10 Å². The highest BCUT2D eigenvalue weighted by Gasteiger charge is 2.38. The SMILES string of the molecule is O=C(C=CCF)N1CC(C(=O)N2CCC(n3cccn3)CC2)C1. The maximum Gasteiger partial charge on any atom is 0.246 e. The number of hydrogen-bond acceptors (Lipinski definition) is 3. The Bertz CT molecular complexity index is 573. The van der Waals surface area contributed by atoms with Crippen LogP contribution in [0, 0.1) is 5.92 Å². The van der Waals surface area contributed by atoms with E-state index in [1.54, 1.807) is 11.1 Å². The number of halogens is 1. The molecule has 7 heteroatoms. The van der Waals surface area contributed by atoms with Crippen molar-refractivity contribution < 1.29 is 14.0 Å². The molecule has 2 aliphatic rings. The number of nitrogens with zero attached hydrogens (tertiary/aromatic N) is 4. The summed E-state index contributed by atoms with van der Waals surface area (Å²) in [6, 6.07) is 2.27. The van der Waals surface area contributed by atoms with Gasteiger partial charge in [0.25, 0.3) is 0 Å². The lowest BCUT2D eigenvalue weighted by molar-refractivity contribution is -0.147. The predicted octanol–water partition coefficient (Wildman–Crippen LogP) is 1.03. The predicted molar refractivity (Wildman–Crippen MR) is 82.3 cm³/mol. The van der Waals surface area contributed by atoms with Crippen LogP contribution in [0.3, 0.4) is 0 Å². The molecular formula is C16H21FN4O2. The fourth-order valence-electron chi connectivity index (χ4n) is 3.17. The highest BCUT2D eigenvalue weighted by molar-refractivity contribution is 5.90. The Morgan fingerprint density at radius 3 is 2.57 bits per heavy atom. The van der Waals surface area contributed by atoms with Crippen LogP contribution < -0.4 is 0 Å². The molecule has 0 spiro atoms. The lowest BCUT2D eigenvalue weighted by atomic mass is 9.96. The first kappa shape index (κ1) is 15.7. The standard InChI is InChI=1S/C16H21FN4O2/c17-6-1-3-15(22)20-11-13(12-20)16(23)19-9-4-14(5-10-19)21-8-2-7-18-21/h1-3,7-8,13-14H,4-6,9-12H2. The number of allylic oxidation sites excluding steroid dienone is 1. The summed E-state index contributed by atoms with van der Waals surface area (Å²) in [6.07, 6.45) is 7.97.